The SMILES string of the molecule is CCCNC(=S)N(CC(C)C)C(C)C. The van der Waals surface area contributed by atoms with Gasteiger partial charge in [0, 0.05) is 19.1 Å². The zero-order chi connectivity index (χ0) is 11.1. The van der Waals surface area contributed by atoms with Gasteiger partial charge in [0.15, 0.2) is 5.11 Å². The fourth-order valence-corrected chi connectivity index (χ4v) is 1.64. The summed E-state index contributed by atoms with van der Waals surface area (Å²) in [7, 11) is 0. The fourth-order valence-electron chi connectivity index (χ4n) is 1.26. The van der Waals surface area contributed by atoms with Crippen molar-refractivity contribution < 1.29 is 0 Å². The van der Waals surface area contributed by atoms with Gasteiger partial charge in [-0.05, 0) is 38.4 Å². The fraction of sp³-hybridized carbons (Fsp3) is 0.909. The van der Waals surface area contributed by atoms with Gasteiger partial charge in [0.25, 0.3) is 0 Å². The molecular weight excluding hydrogens is 192 g/mol. The smallest absolute Gasteiger partial charge is 0.169 e. The molecule has 0 aliphatic heterocycles. The standard InChI is InChI=1S/C11H24N2S/c1-6-7-12-11(14)13(10(4)5)8-9(2)3/h9-10H,6-8H2,1-5H3,(H,12,14). The zero-order valence-electron chi connectivity index (χ0n) is 10.1. The molecule has 0 unspecified atom stereocenters. The van der Waals surface area contributed by atoms with Crippen molar-refractivity contribution in [2.24, 2.45) is 5.92 Å². The average Bonchev–Trinajstić information content (AvgIpc) is 2.09. The maximum atomic E-state index is 5.35. The van der Waals surface area contributed by atoms with Crippen LogP contribution in [0.3, 0.4) is 0 Å². The lowest BCUT2D eigenvalue weighted by molar-refractivity contribution is 0.307. The van der Waals surface area contributed by atoms with E-state index in [0.29, 0.717) is 12.0 Å². The van der Waals surface area contributed by atoms with E-state index < -0.39 is 0 Å². The second kappa shape index (κ2) is 7.04. The van der Waals surface area contributed by atoms with E-state index in [4.69, 9.17) is 12.2 Å². The Morgan fingerprint density at radius 2 is 1.86 bits per heavy atom. The van der Waals surface area contributed by atoms with Crippen molar-refractivity contribution in [1.82, 2.24) is 10.2 Å². The first-order valence-electron chi connectivity index (χ1n) is 5.53. The summed E-state index contributed by atoms with van der Waals surface area (Å²) < 4.78 is 0. The molecule has 0 saturated carbocycles. The largest absolute Gasteiger partial charge is 0.363 e. The lowest BCUT2D eigenvalue weighted by Crippen LogP contribution is -2.45. The van der Waals surface area contributed by atoms with Crippen LogP contribution >= 0.6 is 12.2 Å². The highest BCUT2D eigenvalue weighted by atomic mass is 32.1. The van der Waals surface area contributed by atoms with E-state index in [1.807, 2.05) is 0 Å². The Labute approximate surface area is 94.1 Å². The minimum atomic E-state index is 0.481. The Kier molecular flexibility index (Phi) is 6.89. The van der Waals surface area contributed by atoms with Gasteiger partial charge < -0.3 is 10.2 Å². The highest BCUT2D eigenvalue weighted by Crippen LogP contribution is 2.04. The Balaban J connectivity index is 4.12. The number of nitrogens with one attached hydrogen (secondary N) is 1. The summed E-state index contributed by atoms with van der Waals surface area (Å²) >= 11 is 5.35. The number of hydrogen-bond donors (Lipinski definition) is 1. The Hall–Kier alpha value is -0.310. The molecule has 84 valence electrons. The third kappa shape index (κ3) is 5.43. The normalized spacial score (nSPS) is 10.8. The highest BCUT2D eigenvalue weighted by Gasteiger charge is 2.13. The molecule has 0 atom stereocenters. The summed E-state index contributed by atoms with van der Waals surface area (Å²) in [5, 5.41) is 4.18. The van der Waals surface area contributed by atoms with Gasteiger partial charge in [-0.1, -0.05) is 20.8 Å². The van der Waals surface area contributed by atoms with Crippen LogP contribution in [0, 0.1) is 5.92 Å². The van der Waals surface area contributed by atoms with Crippen LogP contribution in [0.4, 0.5) is 0 Å². The minimum Gasteiger partial charge on any atom is -0.363 e. The molecule has 0 amide bonds. The van der Waals surface area contributed by atoms with Crippen molar-refractivity contribution in [1.29, 1.82) is 0 Å². The quantitative estimate of drug-likeness (QED) is 0.711. The van der Waals surface area contributed by atoms with Crippen molar-refractivity contribution in [2.75, 3.05) is 13.1 Å². The van der Waals surface area contributed by atoms with Gasteiger partial charge in [-0.25, -0.2) is 0 Å². The first-order valence-corrected chi connectivity index (χ1v) is 5.94. The number of hydrogen-bond acceptors (Lipinski definition) is 1. The number of thiocarbonyl (C=S) groups is 1. The van der Waals surface area contributed by atoms with Crippen LogP contribution in [-0.4, -0.2) is 29.1 Å². The molecule has 0 bridgehead atoms. The molecule has 1 N–H and O–H groups in total. The Bertz CT molecular complexity index is 167. The maximum absolute atomic E-state index is 5.35. The van der Waals surface area contributed by atoms with Crippen LogP contribution in [0.15, 0.2) is 0 Å². The molecule has 0 rings (SSSR count). The second-order valence-electron chi connectivity index (χ2n) is 4.37. The summed E-state index contributed by atoms with van der Waals surface area (Å²) in [5.41, 5.74) is 0. The molecule has 0 aromatic carbocycles. The monoisotopic (exact) mass is 216 g/mol. The van der Waals surface area contributed by atoms with E-state index in [1.165, 1.54) is 0 Å². The summed E-state index contributed by atoms with van der Waals surface area (Å²) in [5.74, 6) is 0.652. The van der Waals surface area contributed by atoms with Crippen LogP contribution in [-0.2, 0) is 0 Å². The molecule has 0 aliphatic carbocycles. The maximum Gasteiger partial charge on any atom is 0.169 e. The van der Waals surface area contributed by atoms with Crippen molar-refractivity contribution in [2.45, 2.75) is 47.1 Å². The zero-order valence-corrected chi connectivity index (χ0v) is 10.9. The summed E-state index contributed by atoms with van der Waals surface area (Å²) in [6.07, 6.45) is 1.12. The van der Waals surface area contributed by atoms with E-state index in [2.05, 4.69) is 44.8 Å². The molecule has 3 heteroatoms. The molecule has 14 heavy (non-hydrogen) atoms. The molecule has 0 aliphatic rings. The molecule has 0 spiro atoms. The molecule has 0 aromatic rings. The second-order valence-corrected chi connectivity index (χ2v) is 4.76. The van der Waals surface area contributed by atoms with Crippen molar-refractivity contribution in [3.8, 4) is 0 Å². The van der Waals surface area contributed by atoms with Gasteiger partial charge >= 0.3 is 0 Å². The molecule has 0 aromatic heterocycles. The topological polar surface area (TPSA) is 15.3 Å². The molecule has 0 radical (unpaired) electrons. The van der Waals surface area contributed by atoms with Crippen LogP contribution in [0.25, 0.3) is 0 Å². The van der Waals surface area contributed by atoms with Gasteiger partial charge in [0.1, 0.15) is 0 Å². The van der Waals surface area contributed by atoms with Gasteiger partial charge in [-0.15, -0.1) is 0 Å². The van der Waals surface area contributed by atoms with Crippen molar-refractivity contribution in [3.05, 3.63) is 0 Å². The lowest BCUT2D eigenvalue weighted by atomic mass is 10.2. The third-order valence-electron chi connectivity index (χ3n) is 1.97. The average molecular weight is 216 g/mol. The predicted octanol–water partition coefficient (Wildman–Crippen LogP) is 2.64. The Morgan fingerprint density at radius 3 is 2.21 bits per heavy atom. The van der Waals surface area contributed by atoms with Crippen molar-refractivity contribution >= 4 is 17.3 Å². The highest BCUT2D eigenvalue weighted by molar-refractivity contribution is 7.80. The third-order valence-corrected chi connectivity index (χ3v) is 2.35. The molecule has 0 fully saturated rings. The Morgan fingerprint density at radius 1 is 1.29 bits per heavy atom. The van der Waals surface area contributed by atoms with Gasteiger partial charge in [0.05, 0.1) is 0 Å². The van der Waals surface area contributed by atoms with E-state index in [-0.39, 0.29) is 0 Å². The van der Waals surface area contributed by atoms with E-state index in [9.17, 15) is 0 Å². The number of nitrogens with zero attached hydrogens (tertiary/aromatic N) is 1. The molecule has 0 heterocycles. The van der Waals surface area contributed by atoms with Crippen LogP contribution in [0.1, 0.15) is 41.0 Å². The van der Waals surface area contributed by atoms with E-state index >= 15 is 0 Å². The summed E-state index contributed by atoms with van der Waals surface area (Å²) in [6, 6.07) is 0.481. The minimum absolute atomic E-state index is 0.481. The van der Waals surface area contributed by atoms with Crippen LogP contribution < -0.4 is 5.32 Å². The van der Waals surface area contributed by atoms with E-state index in [1.54, 1.807) is 0 Å². The summed E-state index contributed by atoms with van der Waals surface area (Å²) in [4.78, 5) is 2.26. The number of rotatable bonds is 5. The van der Waals surface area contributed by atoms with E-state index in [0.717, 1.165) is 24.6 Å². The predicted molar refractivity (Wildman–Crippen MR) is 67.6 cm³/mol. The summed E-state index contributed by atoms with van der Waals surface area (Å²) in [6.45, 7) is 13.0. The molecular formula is C11H24N2S. The van der Waals surface area contributed by atoms with Crippen molar-refractivity contribution in [3.63, 3.8) is 0 Å². The molecule has 2 nitrogen and oxygen atoms in total. The lowest BCUT2D eigenvalue weighted by Gasteiger charge is -2.31. The molecule has 0 saturated heterocycles. The van der Waals surface area contributed by atoms with Gasteiger partial charge in [-0.3, -0.25) is 0 Å². The van der Waals surface area contributed by atoms with Crippen LogP contribution in [0.2, 0.25) is 0 Å². The first kappa shape index (κ1) is 13.7. The van der Waals surface area contributed by atoms with Gasteiger partial charge in [-0.2, -0.15) is 0 Å². The van der Waals surface area contributed by atoms with Gasteiger partial charge in [0.2, 0.25) is 0 Å². The first-order chi connectivity index (χ1) is 6.49. The van der Waals surface area contributed by atoms with Crippen LogP contribution in [0.5, 0.6) is 0 Å².